The molecule has 0 unspecified atom stereocenters. The Bertz CT molecular complexity index is 1000. The lowest BCUT2D eigenvalue weighted by Crippen LogP contribution is -2.41. The quantitative estimate of drug-likeness (QED) is 0.675. The standard InChI is InChI=1S/C20H23N5O2S2/c1-13-17(29-19(23-13)16-4-3-9-28-16)20(27)25-7-5-14(6-8-25)10-21-18(26)15-11-22-24(2)12-15/h3-4,9,11-12,14H,5-8,10H2,1-2H3,(H,21,26). The molecule has 152 valence electrons. The molecular weight excluding hydrogens is 406 g/mol. The Hall–Kier alpha value is -2.52. The summed E-state index contributed by atoms with van der Waals surface area (Å²) >= 11 is 3.11. The molecule has 0 spiro atoms. The molecule has 7 nitrogen and oxygen atoms in total. The number of hydrogen-bond donors (Lipinski definition) is 1. The minimum atomic E-state index is -0.0991. The van der Waals surface area contributed by atoms with E-state index in [1.807, 2.05) is 29.3 Å². The Kier molecular flexibility index (Phi) is 5.77. The van der Waals surface area contributed by atoms with E-state index < -0.39 is 0 Å². The molecule has 0 saturated carbocycles. The van der Waals surface area contributed by atoms with E-state index in [-0.39, 0.29) is 11.8 Å². The SMILES string of the molecule is Cc1nc(-c2cccs2)sc1C(=O)N1CCC(CNC(=O)c2cnn(C)c2)CC1. The molecule has 4 heterocycles. The number of thiophene rings is 1. The number of nitrogens with zero attached hydrogens (tertiary/aromatic N) is 4. The topological polar surface area (TPSA) is 80.1 Å². The molecule has 1 aliphatic heterocycles. The van der Waals surface area contributed by atoms with Crippen molar-refractivity contribution in [3.05, 3.63) is 46.0 Å². The second kappa shape index (κ2) is 8.46. The van der Waals surface area contributed by atoms with Gasteiger partial charge in [0.25, 0.3) is 11.8 Å². The van der Waals surface area contributed by atoms with Crippen LogP contribution in [0.25, 0.3) is 9.88 Å². The first-order valence-corrected chi connectivity index (χ1v) is 11.3. The maximum absolute atomic E-state index is 13.0. The molecule has 4 rings (SSSR count). The van der Waals surface area contributed by atoms with E-state index in [1.54, 1.807) is 35.5 Å². The van der Waals surface area contributed by atoms with Crippen LogP contribution >= 0.6 is 22.7 Å². The molecule has 29 heavy (non-hydrogen) atoms. The highest BCUT2D eigenvalue weighted by Crippen LogP contribution is 2.32. The predicted octanol–water partition coefficient (Wildman–Crippen LogP) is 3.20. The lowest BCUT2D eigenvalue weighted by molar-refractivity contribution is 0.0688. The molecule has 1 fully saturated rings. The van der Waals surface area contributed by atoms with E-state index in [1.165, 1.54) is 11.3 Å². The number of amides is 2. The number of thiazole rings is 1. The maximum atomic E-state index is 13.0. The number of aryl methyl sites for hydroxylation is 2. The average molecular weight is 430 g/mol. The summed E-state index contributed by atoms with van der Waals surface area (Å²) in [6.45, 7) is 3.94. The highest BCUT2D eigenvalue weighted by atomic mass is 32.1. The van der Waals surface area contributed by atoms with E-state index >= 15 is 0 Å². The number of piperidine rings is 1. The highest BCUT2D eigenvalue weighted by molar-refractivity contribution is 7.22. The summed E-state index contributed by atoms with van der Waals surface area (Å²) in [5, 5.41) is 9.94. The second-order valence-corrected chi connectivity index (χ2v) is 9.21. The Labute approximate surface area is 177 Å². The van der Waals surface area contributed by atoms with Gasteiger partial charge in [0.1, 0.15) is 9.88 Å². The van der Waals surface area contributed by atoms with Gasteiger partial charge in [-0.3, -0.25) is 14.3 Å². The van der Waals surface area contributed by atoms with Crippen molar-refractivity contribution in [2.24, 2.45) is 13.0 Å². The van der Waals surface area contributed by atoms with Gasteiger partial charge in [-0.25, -0.2) is 4.98 Å². The van der Waals surface area contributed by atoms with Crippen molar-refractivity contribution in [1.82, 2.24) is 25.0 Å². The predicted molar refractivity (Wildman–Crippen MR) is 114 cm³/mol. The van der Waals surface area contributed by atoms with Crippen molar-refractivity contribution in [1.29, 1.82) is 0 Å². The molecular formula is C20H23N5O2S2. The molecule has 0 aliphatic carbocycles. The summed E-state index contributed by atoms with van der Waals surface area (Å²) in [5.74, 6) is 0.350. The van der Waals surface area contributed by atoms with Gasteiger partial charge in [-0.05, 0) is 37.1 Å². The van der Waals surface area contributed by atoms with Gasteiger partial charge in [0, 0.05) is 32.9 Å². The van der Waals surface area contributed by atoms with Gasteiger partial charge < -0.3 is 10.2 Å². The average Bonchev–Trinajstić information content (AvgIpc) is 3.47. The molecule has 1 aliphatic rings. The van der Waals surface area contributed by atoms with E-state index in [9.17, 15) is 9.59 Å². The van der Waals surface area contributed by atoms with Crippen LogP contribution in [0, 0.1) is 12.8 Å². The fourth-order valence-electron chi connectivity index (χ4n) is 3.46. The smallest absolute Gasteiger partial charge is 0.265 e. The Balaban J connectivity index is 1.30. The minimum absolute atomic E-state index is 0.0700. The number of likely N-dealkylation sites (tertiary alicyclic amines) is 1. The first-order chi connectivity index (χ1) is 14.0. The van der Waals surface area contributed by atoms with Crippen molar-refractivity contribution >= 4 is 34.5 Å². The lowest BCUT2D eigenvalue weighted by atomic mass is 9.96. The molecule has 2 amide bonds. The van der Waals surface area contributed by atoms with E-state index in [0.29, 0.717) is 31.1 Å². The maximum Gasteiger partial charge on any atom is 0.265 e. The second-order valence-electron chi connectivity index (χ2n) is 7.26. The number of nitrogens with one attached hydrogen (secondary N) is 1. The third-order valence-corrected chi connectivity index (χ3v) is 7.33. The van der Waals surface area contributed by atoms with Crippen LogP contribution in [-0.4, -0.2) is 51.1 Å². The zero-order chi connectivity index (χ0) is 20.4. The van der Waals surface area contributed by atoms with E-state index in [0.717, 1.165) is 33.3 Å². The van der Waals surface area contributed by atoms with Crippen LogP contribution in [0.5, 0.6) is 0 Å². The van der Waals surface area contributed by atoms with Crippen molar-refractivity contribution in [2.75, 3.05) is 19.6 Å². The lowest BCUT2D eigenvalue weighted by Gasteiger charge is -2.31. The van der Waals surface area contributed by atoms with Gasteiger partial charge in [-0.15, -0.1) is 22.7 Å². The molecule has 3 aromatic heterocycles. The Morgan fingerprint density at radius 2 is 2.10 bits per heavy atom. The summed E-state index contributed by atoms with van der Waals surface area (Å²) in [6.07, 6.45) is 5.04. The van der Waals surface area contributed by atoms with Crippen molar-refractivity contribution < 1.29 is 9.59 Å². The van der Waals surface area contributed by atoms with E-state index in [2.05, 4.69) is 15.4 Å². The molecule has 3 aromatic rings. The van der Waals surface area contributed by atoms with Crippen LogP contribution in [0.15, 0.2) is 29.9 Å². The first-order valence-electron chi connectivity index (χ1n) is 9.58. The molecule has 0 bridgehead atoms. The third kappa shape index (κ3) is 4.40. The number of carbonyl (C=O) groups is 2. The van der Waals surface area contributed by atoms with Crippen LogP contribution in [0.3, 0.4) is 0 Å². The van der Waals surface area contributed by atoms with Gasteiger partial charge >= 0.3 is 0 Å². The third-order valence-electron chi connectivity index (χ3n) is 5.14. The van der Waals surface area contributed by atoms with Crippen molar-refractivity contribution in [3.63, 3.8) is 0 Å². The Morgan fingerprint density at radius 3 is 2.76 bits per heavy atom. The molecule has 0 aromatic carbocycles. The van der Waals surface area contributed by atoms with Crippen LogP contribution < -0.4 is 5.32 Å². The normalized spacial score (nSPS) is 14.9. The van der Waals surface area contributed by atoms with Crippen molar-refractivity contribution in [2.45, 2.75) is 19.8 Å². The van der Waals surface area contributed by atoms with Gasteiger partial charge in [0.2, 0.25) is 0 Å². The van der Waals surface area contributed by atoms with Crippen LogP contribution in [0.1, 0.15) is 38.6 Å². The fourth-order valence-corrected chi connectivity index (χ4v) is 5.29. The van der Waals surface area contributed by atoms with Crippen LogP contribution in [0.2, 0.25) is 0 Å². The first kappa shape index (κ1) is 19.8. The van der Waals surface area contributed by atoms with Gasteiger partial charge in [0.05, 0.1) is 22.3 Å². The Morgan fingerprint density at radius 1 is 1.31 bits per heavy atom. The number of carbonyl (C=O) groups excluding carboxylic acids is 2. The summed E-state index contributed by atoms with van der Waals surface area (Å²) in [6, 6.07) is 4.03. The van der Waals surface area contributed by atoms with Gasteiger partial charge in [0.15, 0.2) is 0 Å². The number of aromatic nitrogens is 3. The summed E-state index contributed by atoms with van der Waals surface area (Å²) in [7, 11) is 1.79. The summed E-state index contributed by atoms with van der Waals surface area (Å²) in [5.41, 5.74) is 1.37. The van der Waals surface area contributed by atoms with Crippen molar-refractivity contribution in [3.8, 4) is 9.88 Å². The largest absolute Gasteiger partial charge is 0.352 e. The highest BCUT2D eigenvalue weighted by Gasteiger charge is 2.27. The zero-order valence-electron chi connectivity index (χ0n) is 16.4. The van der Waals surface area contributed by atoms with E-state index in [4.69, 9.17) is 0 Å². The van der Waals surface area contributed by atoms with Gasteiger partial charge in [-0.1, -0.05) is 6.07 Å². The summed E-state index contributed by atoms with van der Waals surface area (Å²) < 4.78 is 1.62. The monoisotopic (exact) mass is 429 g/mol. The fraction of sp³-hybridized carbons (Fsp3) is 0.400. The minimum Gasteiger partial charge on any atom is -0.352 e. The molecule has 1 saturated heterocycles. The summed E-state index contributed by atoms with van der Waals surface area (Å²) in [4.78, 5) is 33.5. The van der Waals surface area contributed by atoms with Crippen LogP contribution in [0.4, 0.5) is 0 Å². The molecule has 9 heteroatoms. The van der Waals surface area contributed by atoms with Crippen LogP contribution in [-0.2, 0) is 7.05 Å². The molecule has 0 radical (unpaired) electrons. The van der Waals surface area contributed by atoms with Gasteiger partial charge in [-0.2, -0.15) is 5.10 Å². The number of rotatable bonds is 5. The molecule has 0 atom stereocenters. The number of hydrogen-bond acceptors (Lipinski definition) is 6. The zero-order valence-corrected chi connectivity index (χ0v) is 18.1. The molecule has 1 N–H and O–H groups in total.